The molecule has 0 spiro atoms. The Morgan fingerprint density at radius 1 is 1.24 bits per heavy atom. The Kier molecular flexibility index (Phi) is 6.30. The van der Waals surface area contributed by atoms with Crippen LogP contribution in [0.15, 0.2) is 6.07 Å². The van der Waals surface area contributed by atoms with E-state index in [9.17, 15) is 0 Å². The summed E-state index contributed by atoms with van der Waals surface area (Å²) in [6, 6.07) is 2.27. The summed E-state index contributed by atoms with van der Waals surface area (Å²) in [6.45, 7) is 7.30. The third kappa shape index (κ3) is 4.52. The van der Waals surface area contributed by atoms with Gasteiger partial charge in [-0.3, -0.25) is 0 Å². The average molecular weight is 238 g/mol. The maximum atomic E-state index is 5.03. The van der Waals surface area contributed by atoms with Gasteiger partial charge in [-0.2, -0.15) is 0 Å². The molecule has 3 heteroatoms. The zero-order chi connectivity index (χ0) is 12.7. The molecule has 0 saturated heterocycles. The molecule has 1 rings (SSSR count). The number of nitrogens with one attached hydrogen (secondary N) is 1. The monoisotopic (exact) mass is 238 g/mol. The summed E-state index contributed by atoms with van der Waals surface area (Å²) < 4.78 is 7.27. The summed E-state index contributed by atoms with van der Waals surface area (Å²) in [5.41, 5.74) is 4.12. The van der Waals surface area contributed by atoms with Gasteiger partial charge in [-0.05, 0) is 51.3 Å². The van der Waals surface area contributed by atoms with Gasteiger partial charge in [-0.15, -0.1) is 0 Å². The van der Waals surface area contributed by atoms with E-state index in [1.54, 1.807) is 7.11 Å². The number of aryl methyl sites for hydroxylation is 1. The van der Waals surface area contributed by atoms with Crippen molar-refractivity contribution in [3.63, 3.8) is 0 Å². The quantitative estimate of drug-likeness (QED) is 0.704. The molecule has 3 nitrogen and oxygen atoms in total. The van der Waals surface area contributed by atoms with Crippen LogP contribution in [-0.4, -0.2) is 24.8 Å². The number of ether oxygens (including phenoxy) is 1. The number of nitrogens with zero attached hydrogens (tertiary/aromatic N) is 1. The Morgan fingerprint density at radius 2 is 2.00 bits per heavy atom. The van der Waals surface area contributed by atoms with Crippen LogP contribution in [0, 0.1) is 13.8 Å². The zero-order valence-corrected chi connectivity index (χ0v) is 11.7. The van der Waals surface area contributed by atoms with Crippen molar-refractivity contribution in [3.8, 4) is 0 Å². The number of hydrogen-bond acceptors (Lipinski definition) is 2. The van der Waals surface area contributed by atoms with Crippen LogP contribution in [0.5, 0.6) is 0 Å². The van der Waals surface area contributed by atoms with E-state index in [1.807, 2.05) is 0 Å². The van der Waals surface area contributed by atoms with Gasteiger partial charge < -0.3 is 14.6 Å². The topological polar surface area (TPSA) is 26.2 Å². The highest BCUT2D eigenvalue weighted by Crippen LogP contribution is 2.12. The second-order valence-electron chi connectivity index (χ2n) is 4.69. The minimum atomic E-state index is 0.886. The minimum absolute atomic E-state index is 0.886. The third-order valence-corrected chi connectivity index (χ3v) is 3.40. The summed E-state index contributed by atoms with van der Waals surface area (Å²) in [4.78, 5) is 0. The molecule has 0 aliphatic rings. The molecule has 1 aromatic rings. The normalized spacial score (nSPS) is 11.1. The van der Waals surface area contributed by atoms with Crippen molar-refractivity contribution in [3.05, 3.63) is 23.0 Å². The predicted molar refractivity (Wildman–Crippen MR) is 72.3 cm³/mol. The number of methoxy groups -OCH3 is 1. The summed E-state index contributed by atoms with van der Waals surface area (Å²) in [7, 11) is 3.89. The third-order valence-electron chi connectivity index (χ3n) is 3.40. The lowest BCUT2D eigenvalue weighted by molar-refractivity contribution is 0.192. The number of unbranched alkanes of at least 4 members (excludes halogenated alkanes) is 2. The van der Waals surface area contributed by atoms with E-state index in [1.165, 1.54) is 36.2 Å². The van der Waals surface area contributed by atoms with Gasteiger partial charge in [-0.25, -0.2) is 0 Å². The molecule has 0 atom stereocenters. The maximum Gasteiger partial charge on any atom is 0.0462 e. The van der Waals surface area contributed by atoms with Crippen molar-refractivity contribution in [1.29, 1.82) is 0 Å². The molecule has 0 amide bonds. The Morgan fingerprint density at radius 3 is 2.59 bits per heavy atom. The first-order chi connectivity index (χ1) is 8.16. The van der Waals surface area contributed by atoms with E-state index in [4.69, 9.17) is 4.74 Å². The molecule has 0 saturated carbocycles. The molecule has 1 N–H and O–H groups in total. The molecule has 0 aliphatic carbocycles. The Labute approximate surface area is 105 Å². The van der Waals surface area contributed by atoms with E-state index in [0.29, 0.717) is 0 Å². The molecule has 0 aromatic carbocycles. The fraction of sp³-hybridized carbons (Fsp3) is 0.714. The second-order valence-corrected chi connectivity index (χ2v) is 4.69. The van der Waals surface area contributed by atoms with E-state index >= 15 is 0 Å². The van der Waals surface area contributed by atoms with Crippen LogP contribution in [0.3, 0.4) is 0 Å². The Hall–Kier alpha value is -0.800. The SMILES string of the molecule is COCCCCCNCc1cc(C)n(C)c1C. The van der Waals surface area contributed by atoms with Crippen LogP contribution < -0.4 is 5.32 Å². The first-order valence-electron chi connectivity index (χ1n) is 6.48. The van der Waals surface area contributed by atoms with Crippen molar-refractivity contribution < 1.29 is 4.74 Å². The first-order valence-corrected chi connectivity index (χ1v) is 6.48. The molecule has 0 aliphatic heterocycles. The van der Waals surface area contributed by atoms with Gasteiger partial charge >= 0.3 is 0 Å². The molecule has 0 bridgehead atoms. The number of rotatable bonds is 8. The summed E-state index contributed by atoms with van der Waals surface area (Å²) in [5.74, 6) is 0. The van der Waals surface area contributed by atoms with Crippen molar-refractivity contribution in [2.75, 3.05) is 20.3 Å². The van der Waals surface area contributed by atoms with E-state index in [2.05, 4.69) is 36.8 Å². The average Bonchev–Trinajstić information content (AvgIpc) is 2.56. The van der Waals surface area contributed by atoms with Gasteiger partial charge in [0.25, 0.3) is 0 Å². The Bertz CT molecular complexity index is 331. The predicted octanol–water partition coefficient (Wildman–Crippen LogP) is 2.55. The van der Waals surface area contributed by atoms with Crippen LogP contribution in [0.1, 0.15) is 36.2 Å². The molecular weight excluding hydrogens is 212 g/mol. The summed E-state index contributed by atoms with van der Waals surface area (Å²) in [5, 5.41) is 3.51. The van der Waals surface area contributed by atoms with Crippen LogP contribution in [0.4, 0.5) is 0 Å². The van der Waals surface area contributed by atoms with Crippen molar-refractivity contribution in [2.24, 2.45) is 7.05 Å². The number of hydrogen-bond donors (Lipinski definition) is 1. The highest BCUT2D eigenvalue weighted by atomic mass is 16.5. The zero-order valence-electron chi connectivity index (χ0n) is 11.7. The summed E-state index contributed by atoms with van der Waals surface area (Å²) in [6.07, 6.45) is 3.64. The smallest absolute Gasteiger partial charge is 0.0462 e. The molecule has 0 radical (unpaired) electrons. The standard InChI is InChI=1S/C14H26N2O/c1-12-10-14(13(2)16(12)3)11-15-8-6-5-7-9-17-4/h10,15H,5-9,11H2,1-4H3. The van der Waals surface area contributed by atoms with Crippen molar-refractivity contribution in [1.82, 2.24) is 9.88 Å². The lowest BCUT2D eigenvalue weighted by Gasteiger charge is -2.05. The summed E-state index contributed by atoms with van der Waals surface area (Å²) >= 11 is 0. The van der Waals surface area contributed by atoms with Crippen molar-refractivity contribution in [2.45, 2.75) is 39.7 Å². The van der Waals surface area contributed by atoms with Gasteiger partial charge in [0.2, 0.25) is 0 Å². The first kappa shape index (κ1) is 14.3. The molecule has 1 heterocycles. The fourth-order valence-electron chi connectivity index (χ4n) is 2.01. The molecule has 17 heavy (non-hydrogen) atoms. The second kappa shape index (κ2) is 7.51. The van der Waals surface area contributed by atoms with Crippen LogP contribution in [0.2, 0.25) is 0 Å². The van der Waals surface area contributed by atoms with Crippen LogP contribution >= 0.6 is 0 Å². The molecular formula is C14H26N2O. The van der Waals surface area contributed by atoms with E-state index < -0.39 is 0 Å². The fourth-order valence-corrected chi connectivity index (χ4v) is 2.01. The highest BCUT2D eigenvalue weighted by molar-refractivity contribution is 5.26. The van der Waals surface area contributed by atoms with Crippen LogP contribution in [0.25, 0.3) is 0 Å². The molecule has 0 unspecified atom stereocenters. The van der Waals surface area contributed by atoms with Crippen LogP contribution in [-0.2, 0) is 18.3 Å². The largest absolute Gasteiger partial charge is 0.385 e. The minimum Gasteiger partial charge on any atom is -0.385 e. The van der Waals surface area contributed by atoms with E-state index in [-0.39, 0.29) is 0 Å². The Balaban J connectivity index is 2.16. The van der Waals surface area contributed by atoms with E-state index in [0.717, 1.165) is 19.7 Å². The van der Waals surface area contributed by atoms with Gasteiger partial charge in [-0.1, -0.05) is 0 Å². The highest BCUT2D eigenvalue weighted by Gasteiger charge is 2.04. The molecule has 98 valence electrons. The lowest BCUT2D eigenvalue weighted by Crippen LogP contribution is -2.15. The number of aromatic nitrogens is 1. The molecule has 1 aromatic heterocycles. The maximum absolute atomic E-state index is 5.03. The van der Waals surface area contributed by atoms with Gasteiger partial charge in [0.05, 0.1) is 0 Å². The van der Waals surface area contributed by atoms with Gasteiger partial charge in [0, 0.05) is 38.7 Å². The lowest BCUT2D eigenvalue weighted by atomic mass is 10.2. The van der Waals surface area contributed by atoms with Gasteiger partial charge in [0.15, 0.2) is 0 Å². The van der Waals surface area contributed by atoms with Gasteiger partial charge in [0.1, 0.15) is 0 Å². The van der Waals surface area contributed by atoms with Crippen molar-refractivity contribution >= 4 is 0 Å². The molecule has 0 fully saturated rings.